The van der Waals surface area contributed by atoms with E-state index in [2.05, 4.69) is 22.4 Å². The van der Waals surface area contributed by atoms with Crippen LogP contribution in [0.25, 0.3) is 11.1 Å². The van der Waals surface area contributed by atoms with Crippen LogP contribution in [-0.2, 0) is 0 Å². The summed E-state index contributed by atoms with van der Waals surface area (Å²) in [5.41, 5.74) is 4.04. The quantitative estimate of drug-likeness (QED) is 0.543. The minimum absolute atomic E-state index is 0.760. The molecule has 0 fully saturated rings. The summed E-state index contributed by atoms with van der Waals surface area (Å²) in [7, 11) is 0. The molecule has 84 valence electrons. The monoisotopic (exact) mass is 259 g/mol. The summed E-state index contributed by atoms with van der Waals surface area (Å²) in [6.07, 6.45) is 0. The molecule has 0 aliphatic carbocycles. The van der Waals surface area contributed by atoms with Crippen LogP contribution in [0.1, 0.15) is 5.56 Å². The van der Waals surface area contributed by atoms with E-state index >= 15 is 0 Å². The van der Waals surface area contributed by atoms with Crippen molar-refractivity contribution in [2.75, 3.05) is 0 Å². The Hall–Kier alpha value is -1.47. The molecule has 0 unspecified atom stereocenters. The predicted octanol–water partition coefficient (Wildman–Crippen LogP) is 5.05. The van der Waals surface area contributed by atoms with Crippen molar-refractivity contribution >= 4 is 34.7 Å². The van der Waals surface area contributed by atoms with E-state index in [0.717, 1.165) is 27.4 Å². The first-order chi connectivity index (χ1) is 8.20. The first kappa shape index (κ1) is 12.0. The summed E-state index contributed by atoms with van der Waals surface area (Å²) < 4.78 is 0. The number of aryl methyl sites for hydroxylation is 1. The summed E-state index contributed by atoms with van der Waals surface area (Å²) in [6.45, 7) is 2.02. The lowest BCUT2D eigenvalue weighted by Gasteiger charge is -2.05. The van der Waals surface area contributed by atoms with Gasteiger partial charge >= 0.3 is 0 Å². The third kappa shape index (κ3) is 2.80. The van der Waals surface area contributed by atoms with Crippen LogP contribution in [0, 0.1) is 6.92 Å². The van der Waals surface area contributed by atoms with Crippen molar-refractivity contribution in [3.05, 3.63) is 53.1 Å². The van der Waals surface area contributed by atoms with Gasteiger partial charge in [0.15, 0.2) is 0 Å². The third-order valence-electron chi connectivity index (χ3n) is 2.48. The van der Waals surface area contributed by atoms with E-state index in [0.29, 0.717) is 0 Å². The smallest absolute Gasteiger partial charge is 0.0739 e. The van der Waals surface area contributed by atoms with Crippen LogP contribution in [-0.4, -0.2) is 5.16 Å². The molecule has 3 heteroatoms. The minimum atomic E-state index is 0.760. The number of benzene rings is 2. The van der Waals surface area contributed by atoms with Gasteiger partial charge in [0.05, 0.1) is 10.8 Å². The van der Waals surface area contributed by atoms with E-state index in [1.807, 2.05) is 49.4 Å². The highest BCUT2D eigenvalue weighted by atomic mass is 35.5. The highest BCUT2D eigenvalue weighted by Crippen LogP contribution is 2.29. The molecule has 2 rings (SSSR count). The molecule has 0 saturated carbocycles. The molecule has 0 spiro atoms. The molecule has 0 saturated heterocycles. The Morgan fingerprint density at radius 3 is 2.41 bits per heavy atom. The highest BCUT2D eigenvalue weighted by Gasteiger charge is 2.03. The van der Waals surface area contributed by atoms with Crippen molar-refractivity contribution in [3.63, 3.8) is 0 Å². The van der Waals surface area contributed by atoms with Gasteiger partial charge in [-0.25, -0.2) is 0 Å². The van der Waals surface area contributed by atoms with Crippen molar-refractivity contribution in [1.29, 1.82) is 0 Å². The van der Waals surface area contributed by atoms with Gasteiger partial charge in [-0.1, -0.05) is 35.9 Å². The van der Waals surface area contributed by atoms with Gasteiger partial charge in [-0.15, -0.1) is 0 Å². The number of hydrogen-bond donors (Lipinski definition) is 0. The van der Waals surface area contributed by atoms with Crippen LogP contribution in [0.15, 0.2) is 47.5 Å². The second-order valence-corrected chi connectivity index (χ2v) is 4.32. The van der Waals surface area contributed by atoms with Gasteiger partial charge in [-0.3, -0.25) is 0 Å². The molecule has 0 aliphatic heterocycles. The van der Waals surface area contributed by atoms with E-state index in [1.54, 1.807) is 0 Å². The Kier molecular flexibility index (Phi) is 3.70. The molecule has 2 aromatic carbocycles. The Bertz CT molecular complexity index is 584. The lowest BCUT2D eigenvalue weighted by Crippen LogP contribution is -1.80. The van der Waals surface area contributed by atoms with Gasteiger partial charge in [-0.2, -0.15) is 4.99 Å². The first-order valence-corrected chi connectivity index (χ1v) is 5.94. The van der Waals surface area contributed by atoms with E-state index in [4.69, 9.17) is 11.6 Å². The molecular formula is C14H10ClNS. The standard InChI is InChI=1S/C14H10ClNS/c1-10-2-7-13(14(15)8-10)11-3-5-12(6-4-11)16-9-17/h2-8H,1H3. The Morgan fingerprint density at radius 1 is 1.12 bits per heavy atom. The number of isothiocyanates is 1. The maximum atomic E-state index is 6.21. The molecule has 0 N–H and O–H groups in total. The number of aliphatic imine (C=N–C) groups is 1. The van der Waals surface area contributed by atoms with Crippen LogP contribution in [0.2, 0.25) is 5.02 Å². The van der Waals surface area contributed by atoms with Crippen LogP contribution >= 0.6 is 23.8 Å². The van der Waals surface area contributed by atoms with E-state index < -0.39 is 0 Å². The average molecular weight is 260 g/mol. The zero-order valence-electron chi connectivity index (χ0n) is 9.27. The van der Waals surface area contributed by atoms with Crippen LogP contribution in [0.5, 0.6) is 0 Å². The fraction of sp³-hybridized carbons (Fsp3) is 0.0714. The van der Waals surface area contributed by atoms with Gasteiger partial charge < -0.3 is 0 Å². The number of rotatable bonds is 2. The van der Waals surface area contributed by atoms with Crippen LogP contribution in [0.3, 0.4) is 0 Å². The second-order valence-electron chi connectivity index (χ2n) is 3.73. The van der Waals surface area contributed by atoms with Crippen LogP contribution < -0.4 is 0 Å². The lowest BCUT2D eigenvalue weighted by atomic mass is 10.0. The van der Waals surface area contributed by atoms with Gasteiger partial charge in [0.25, 0.3) is 0 Å². The SMILES string of the molecule is Cc1ccc(-c2ccc(N=C=S)cc2)c(Cl)c1. The first-order valence-electron chi connectivity index (χ1n) is 5.15. The topological polar surface area (TPSA) is 12.4 Å². The molecule has 0 bridgehead atoms. The lowest BCUT2D eigenvalue weighted by molar-refractivity contribution is 1.46. The normalized spacial score (nSPS) is 9.76. The summed E-state index contributed by atoms with van der Waals surface area (Å²) in [5, 5.41) is 3.10. The van der Waals surface area contributed by atoms with Gasteiger partial charge in [0.1, 0.15) is 0 Å². The largest absolute Gasteiger partial charge is 0.195 e. The number of hydrogen-bond acceptors (Lipinski definition) is 2. The average Bonchev–Trinajstić information content (AvgIpc) is 2.31. The molecule has 1 nitrogen and oxygen atoms in total. The number of thiocarbonyl (C=S) groups is 1. The second kappa shape index (κ2) is 5.24. The van der Waals surface area contributed by atoms with Crippen molar-refractivity contribution in [2.45, 2.75) is 6.92 Å². The number of nitrogens with zero attached hydrogens (tertiary/aromatic N) is 1. The van der Waals surface area contributed by atoms with Gasteiger partial charge in [0, 0.05) is 10.6 Å². The molecule has 0 radical (unpaired) electrons. The molecule has 0 atom stereocenters. The van der Waals surface area contributed by atoms with Crippen molar-refractivity contribution in [1.82, 2.24) is 0 Å². The van der Waals surface area contributed by atoms with E-state index in [9.17, 15) is 0 Å². The molecule has 0 heterocycles. The van der Waals surface area contributed by atoms with Gasteiger partial charge in [0.2, 0.25) is 0 Å². The van der Waals surface area contributed by atoms with Crippen LogP contribution in [0.4, 0.5) is 5.69 Å². The minimum Gasteiger partial charge on any atom is -0.195 e. The zero-order valence-corrected chi connectivity index (χ0v) is 10.8. The Morgan fingerprint density at radius 2 is 1.82 bits per heavy atom. The summed E-state index contributed by atoms with van der Waals surface area (Å²) in [5.74, 6) is 0. The Labute approximate surface area is 111 Å². The fourth-order valence-electron chi connectivity index (χ4n) is 1.62. The summed E-state index contributed by atoms with van der Waals surface area (Å²) in [4.78, 5) is 3.91. The van der Waals surface area contributed by atoms with Gasteiger partial charge in [-0.05, 0) is 48.5 Å². The molecule has 0 amide bonds. The Balaban J connectivity index is 2.43. The number of halogens is 1. The zero-order chi connectivity index (χ0) is 12.3. The van der Waals surface area contributed by atoms with E-state index in [-0.39, 0.29) is 0 Å². The van der Waals surface area contributed by atoms with Crippen molar-refractivity contribution < 1.29 is 0 Å². The predicted molar refractivity (Wildman–Crippen MR) is 76.3 cm³/mol. The van der Waals surface area contributed by atoms with Crippen molar-refractivity contribution in [3.8, 4) is 11.1 Å². The molecule has 17 heavy (non-hydrogen) atoms. The third-order valence-corrected chi connectivity index (χ3v) is 2.88. The maximum absolute atomic E-state index is 6.21. The van der Waals surface area contributed by atoms with Crippen molar-refractivity contribution in [2.24, 2.45) is 4.99 Å². The fourth-order valence-corrected chi connectivity index (χ4v) is 2.07. The molecule has 0 aliphatic rings. The van der Waals surface area contributed by atoms with E-state index in [1.165, 1.54) is 0 Å². The maximum Gasteiger partial charge on any atom is 0.0739 e. The molecule has 0 aromatic heterocycles. The highest BCUT2D eigenvalue weighted by molar-refractivity contribution is 7.78. The summed E-state index contributed by atoms with van der Waals surface area (Å²) in [6, 6.07) is 13.8. The summed E-state index contributed by atoms with van der Waals surface area (Å²) >= 11 is 10.8. The molecule has 2 aromatic rings. The molecular weight excluding hydrogens is 250 g/mol.